The Morgan fingerprint density at radius 1 is 0.707 bits per heavy atom. The molecule has 2 atom stereocenters. The van der Waals surface area contributed by atoms with Gasteiger partial charge in [0, 0.05) is 11.8 Å². The number of rotatable bonds is 8. The molecule has 0 bridgehead atoms. The second-order valence-corrected chi connectivity index (χ2v) is 9.94. The predicted molar refractivity (Wildman–Crippen MR) is 150 cm³/mol. The van der Waals surface area contributed by atoms with Gasteiger partial charge in [-0.1, -0.05) is 54.6 Å². The lowest BCUT2D eigenvalue weighted by Crippen LogP contribution is -2.52. The first-order valence-corrected chi connectivity index (χ1v) is 13.2. The van der Waals surface area contributed by atoms with Crippen molar-refractivity contribution in [2.24, 2.45) is 11.8 Å². The zero-order chi connectivity index (χ0) is 28.5. The number of para-hydroxylation sites is 2. The monoisotopic (exact) mass is 552 g/mol. The number of benzene rings is 4. The Morgan fingerprint density at radius 2 is 1.32 bits per heavy atom. The van der Waals surface area contributed by atoms with Crippen LogP contribution in [0.1, 0.15) is 23.0 Å². The molecular formula is C33H28O8. The maximum Gasteiger partial charge on any atom is 0.315 e. The summed E-state index contributed by atoms with van der Waals surface area (Å²) in [6.07, 6.45) is 0. The minimum Gasteiger partial charge on any atom is -0.496 e. The molecular weight excluding hydrogens is 524 g/mol. The van der Waals surface area contributed by atoms with E-state index in [0.29, 0.717) is 39.9 Å². The van der Waals surface area contributed by atoms with E-state index < -0.39 is 35.6 Å². The van der Waals surface area contributed by atoms with Crippen molar-refractivity contribution in [1.29, 1.82) is 0 Å². The largest absolute Gasteiger partial charge is 0.496 e. The number of carboxylic acids is 1. The van der Waals surface area contributed by atoms with Gasteiger partial charge in [-0.05, 0) is 58.7 Å². The summed E-state index contributed by atoms with van der Waals surface area (Å²) in [5.74, 6) is -1.89. The quantitative estimate of drug-likeness (QED) is 0.213. The molecule has 8 nitrogen and oxygen atoms in total. The lowest BCUT2D eigenvalue weighted by molar-refractivity contribution is -0.158. The smallest absolute Gasteiger partial charge is 0.315 e. The summed E-state index contributed by atoms with van der Waals surface area (Å²) in [5, 5.41) is 10.4. The van der Waals surface area contributed by atoms with E-state index >= 15 is 0 Å². The van der Waals surface area contributed by atoms with Gasteiger partial charge in [0.25, 0.3) is 0 Å². The molecule has 0 saturated heterocycles. The van der Waals surface area contributed by atoms with Gasteiger partial charge in [0.15, 0.2) is 11.5 Å². The van der Waals surface area contributed by atoms with E-state index in [1.807, 2.05) is 48.5 Å². The second-order valence-electron chi connectivity index (χ2n) is 9.94. The van der Waals surface area contributed by atoms with Crippen LogP contribution in [0.4, 0.5) is 0 Å². The van der Waals surface area contributed by atoms with Gasteiger partial charge in [-0.25, -0.2) is 0 Å². The Bertz CT molecular complexity index is 1560. The standard InChI is InChI=1S/C33H28O8/c1-37-24-12-5-3-10-22(24)28-30(32(34)35)29(23-11-4-6-13-25(23)38-2)31(28)33(36)41-21-9-7-8-19(16-21)20-14-15-26-27(17-20)40-18-39-26/h3-17,28-31H,18H2,1-2H3,(H,34,35)/t28-,29-,30?,31?/m0/s1. The third-order valence-corrected chi connectivity index (χ3v) is 7.86. The number of fused-ring (bicyclic) bond motifs is 1. The highest BCUT2D eigenvalue weighted by Gasteiger charge is 2.60. The summed E-state index contributed by atoms with van der Waals surface area (Å²) in [7, 11) is 3.06. The number of esters is 1. The summed E-state index contributed by atoms with van der Waals surface area (Å²) in [4.78, 5) is 26.7. The highest BCUT2D eigenvalue weighted by atomic mass is 16.7. The van der Waals surface area contributed by atoms with Crippen molar-refractivity contribution in [1.82, 2.24) is 0 Å². The Hall–Kier alpha value is -4.98. The number of carboxylic acid groups (broad SMARTS) is 1. The molecule has 1 fully saturated rings. The summed E-state index contributed by atoms with van der Waals surface area (Å²) >= 11 is 0. The van der Waals surface area contributed by atoms with Crippen molar-refractivity contribution < 1.29 is 38.4 Å². The van der Waals surface area contributed by atoms with E-state index in [-0.39, 0.29) is 6.79 Å². The van der Waals surface area contributed by atoms with Crippen LogP contribution in [-0.2, 0) is 9.59 Å². The number of carbonyl (C=O) groups excluding carboxylic acids is 1. The zero-order valence-corrected chi connectivity index (χ0v) is 22.5. The molecule has 0 spiro atoms. The van der Waals surface area contributed by atoms with Crippen LogP contribution in [0.2, 0.25) is 0 Å². The third-order valence-electron chi connectivity index (χ3n) is 7.86. The lowest BCUT2D eigenvalue weighted by Gasteiger charge is -2.49. The van der Waals surface area contributed by atoms with Crippen LogP contribution in [0.15, 0.2) is 91.0 Å². The molecule has 0 aromatic heterocycles. The van der Waals surface area contributed by atoms with Crippen LogP contribution in [0.5, 0.6) is 28.7 Å². The van der Waals surface area contributed by atoms with E-state index in [2.05, 4.69) is 0 Å². The van der Waals surface area contributed by atoms with Crippen molar-refractivity contribution in [2.45, 2.75) is 11.8 Å². The molecule has 6 rings (SSSR count). The van der Waals surface area contributed by atoms with Crippen LogP contribution >= 0.6 is 0 Å². The molecule has 1 N–H and O–H groups in total. The normalized spacial score (nSPS) is 20.5. The second kappa shape index (κ2) is 10.9. The molecule has 0 unspecified atom stereocenters. The van der Waals surface area contributed by atoms with Gasteiger partial charge in [0.1, 0.15) is 17.2 Å². The molecule has 1 heterocycles. The van der Waals surface area contributed by atoms with E-state index in [0.717, 1.165) is 11.1 Å². The summed E-state index contributed by atoms with van der Waals surface area (Å²) in [5.41, 5.74) is 2.99. The molecule has 4 aromatic rings. The van der Waals surface area contributed by atoms with Crippen LogP contribution < -0.4 is 23.7 Å². The van der Waals surface area contributed by atoms with Gasteiger partial charge in [0.2, 0.25) is 6.79 Å². The van der Waals surface area contributed by atoms with Gasteiger partial charge >= 0.3 is 11.9 Å². The summed E-state index contributed by atoms with van der Waals surface area (Å²) in [6, 6.07) is 27.2. The van der Waals surface area contributed by atoms with Crippen molar-refractivity contribution in [3.63, 3.8) is 0 Å². The van der Waals surface area contributed by atoms with Gasteiger partial charge in [-0.15, -0.1) is 0 Å². The molecule has 2 aliphatic rings. The first kappa shape index (κ1) is 26.3. The van der Waals surface area contributed by atoms with Crippen LogP contribution in [-0.4, -0.2) is 38.1 Å². The first-order valence-electron chi connectivity index (χ1n) is 13.2. The maximum absolute atomic E-state index is 14.0. The fourth-order valence-electron chi connectivity index (χ4n) is 6.01. The average Bonchev–Trinajstić information content (AvgIpc) is 3.45. The summed E-state index contributed by atoms with van der Waals surface area (Å²) < 4.78 is 28.0. The number of hydrogen-bond acceptors (Lipinski definition) is 7. The molecule has 41 heavy (non-hydrogen) atoms. The van der Waals surface area contributed by atoms with Crippen LogP contribution in [0.3, 0.4) is 0 Å². The highest BCUT2D eigenvalue weighted by Crippen LogP contribution is 2.60. The van der Waals surface area contributed by atoms with E-state index in [1.165, 1.54) is 14.2 Å². The molecule has 0 radical (unpaired) electrons. The molecule has 1 saturated carbocycles. The van der Waals surface area contributed by atoms with E-state index in [1.54, 1.807) is 42.5 Å². The van der Waals surface area contributed by atoms with Crippen molar-refractivity contribution in [2.75, 3.05) is 21.0 Å². The van der Waals surface area contributed by atoms with Crippen LogP contribution in [0.25, 0.3) is 11.1 Å². The predicted octanol–water partition coefficient (Wildman–Crippen LogP) is 5.90. The van der Waals surface area contributed by atoms with Gasteiger partial charge in [0.05, 0.1) is 26.1 Å². The van der Waals surface area contributed by atoms with Crippen molar-refractivity contribution in [3.05, 3.63) is 102 Å². The van der Waals surface area contributed by atoms with Crippen molar-refractivity contribution >= 4 is 11.9 Å². The SMILES string of the molecule is COc1ccccc1[C@H]1C(C(=O)O)[C@H](c2ccccc2OC)C1C(=O)Oc1cccc(-c2ccc3c(c2)OCO3)c1. The van der Waals surface area contributed by atoms with E-state index in [4.69, 9.17) is 23.7 Å². The molecule has 8 heteroatoms. The molecule has 4 aromatic carbocycles. The molecule has 0 amide bonds. The molecule has 208 valence electrons. The lowest BCUT2D eigenvalue weighted by atomic mass is 9.52. The number of methoxy groups -OCH3 is 2. The minimum absolute atomic E-state index is 0.176. The Morgan fingerprint density at radius 3 is 1.95 bits per heavy atom. The Labute approximate surface area is 237 Å². The van der Waals surface area contributed by atoms with Crippen molar-refractivity contribution in [3.8, 4) is 39.9 Å². The van der Waals surface area contributed by atoms with Gasteiger partial charge < -0.3 is 28.8 Å². The molecule has 1 aliphatic heterocycles. The fraction of sp³-hybridized carbons (Fsp3) is 0.212. The first-order chi connectivity index (χ1) is 20.0. The maximum atomic E-state index is 14.0. The average molecular weight is 553 g/mol. The topological polar surface area (TPSA) is 101 Å². The number of carbonyl (C=O) groups is 2. The molecule has 1 aliphatic carbocycles. The fourth-order valence-corrected chi connectivity index (χ4v) is 6.01. The zero-order valence-electron chi connectivity index (χ0n) is 22.5. The number of aliphatic carboxylic acids is 1. The Kier molecular flexibility index (Phi) is 6.97. The third kappa shape index (κ3) is 4.71. The minimum atomic E-state index is -1.01. The van der Waals surface area contributed by atoms with Crippen LogP contribution in [0, 0.1) is 11.8 Å². The van der Waals surface area contributed by atoms with Gasteiger partial charge in [-0.3, -0.25) is 9.59 Å². The van der Waals surface area contributed by atoms with E-state index in [9.17, 15) is 14.7 Å². The Balaban J connectivity index is 1.37. The van der Waals surface area contributed by atoms with Gasteiger partial charge in [-0.2, -0.15) is 0 Å². The highest BCUT2D eigenvalue weighted by molar-refractivity contribution is 5.86. The summed E-state index contributed by atoms with van der Waals surface area (Å²) in [6.45, 7) is 0.176. The number of hydrogen-bond donors (Lipinski definition) is 1. The number of ether oxygens (including phenoxy) is 5.